The quantitative estimate of drug-likeness (QED) is 0.460. The molecule has 4 amide bonds. The lowest BCUT2D eigenvalue weighted by Gasteiger charge is -2.28. The van der Waals surface area contributed by atoms with Crippen molar-refractivity contribution in [3.63, 3.8) is 0 Å². The summed E-state index contributed by atoms with van der Waals surface area (Å²) in [6.07, 6.45) is 3.22. The molecule has 0 bridgehead atoms. The number of urea groups is 1. The van der Waals surface area contributed by atoms with E-state index in [9.17, 15) is 14.4 Å². The first kappa shape index (κ1) is 21.6. The maximum atomic E-state index is 12.8. The highest BCUT2D eigenvalue weighted by Gasteiger charge is 2.46. The number of hydrogen-bond acceptors (Lipinski definition) is 3. The number of unbranched alkanes of at least 4 members (excludes halogenated alkanes) is 2. The van der Waals surface area contributed by atoms with Crippen LogP contribution in [0.15, 0.2) is 46.9 Å². The summed E-state index contributed by atoms with van der Waals surface area (Å²) in [5.74, 6) is -0.118. The van der Waals surface area contributed by atoms with Crippen LogP contribution in [-0.2, 0) is 22.6 Å². The molecule has 0 aromatic heterocycles. The molecule has 1 N–H and O–H groups in total. The Hall–Kier alpha value is -2.67. The van der Waals surface area contributed by atoms with Gasteiger partial charge in [-0.1, -0.05) is 46.6 Å². The normalized spacial score (nSPS) is 17.5. The Kier molecular flexibility index (Phi) is 6.41. The second-order valence-electron chi connectivity index (χ2n) is 8.21. The van der Waals surface area contributed by atoms with Gasteiger partial charge in [-0.2, -0.15) is 0 Å². The number of nitrogens with zero attached hydrogens (tertiary/aromatic N) is 2. The third-order valence-corrected chi connectivity index (χ3v) is 6.89. The van der Waals surface area contributed by atoms with Crippen LogP contribution in [0.2, 0.25) is 0 Å². The summed E-state index contributed by atoms with van der Waals surface area (Å²) >= 11 is 3.45. The topological polar surface area (TPSA) is 69.7 Å². The minimum absolute atomic E-state index is 0.0232. The number of carbonyl (C=O) groups excluding carboxylic acids is 3. The predicted octanol–water partition coefficient (Wildman–Crippen LogP) is 4.65. The lowest BCUT2D eigenvalue weighted by atomic mass is 9.95. The zero-order chi connectivity index (χ0) is 22.0. The molecule has 2 aromatic rings. The van der Waals surface area contributed by atoms with Crippen LogP contribution >= 0.6 is 15.9 Å². The second-order valence-corrected chi connectivity index (χ2v) is 9.07. The number of rotatable bonds is 7. The summed E-state index contributed by atoms with van der Waals surface area (Å²) in [5, 5.41) is 2.91. The van der Waals surface area contributed by atoms with Crippen molar-refractivity contribution in [1.82, 2.24) is 9.80 Å². The van der Waals surface area contributed by atoms with Gasteiger partial charge in [-0.25, -0.2) is 4.79 Å². The molecule has 2 heterocycles. The van der Waals surface area contributed by atoms with Crippen LogP contribution in [0.5, 0.6) is 0 Å². The number of anilines is 1. The van der Waals surface area contributed by atoms with E-state index >= 15 is 0 Å². The van der Waals surface area contributed by atoms with Crippen molar-refractivity contribution in [3.05, 3.63) is 63.6 Å². The third-order valence-electron chi connectivity index (χ3n) is 6.00. The van der Waals surface area contributed by atoms with Crippen LogP contribution in [0.3, 0.4) is 0 Å². The highest BCUT2D eigenvalue weighted by molar-refractivity contribution is 9.10. The van der Waals surface area contributed by atoms with Crippen LogP contribution in [0, 0.1) is 6.92 Å². The van der Waals surface area contributed by atoms with Crippen LogP contribution in [0.25, 0.3) is 0 Å². The van der Waals surface area contributed by atoms with Crippen LogP contribution in [0.1, 0.15) is 42.4 Å². The first-order chi connectivity index (χ1) is 14.9. The number of aryl methyl sites for hydroxylation is 1. The molecule has 0 radical (unpaired) electrons. The number of benzene rings is 2. The molecule has 4 rings (SSSR count). The van der Waals surface area contributed by atoms with Crippen LogP contribution in [-0.4, -0.2) is 40.2 Å². The highest BCUT2D eigenvalue weighted by atomic mass is 79.9. The van der Waals surface area contributed by atoms with Gasteiger partial charge in [-0.3, -0.25) is 14.5 Å². The van der Waals surface area contributed by atoms with E-state index in [0.717, 1.165) is 39.7 Å². The van der Waals surface area contributed by atoms with Gasteiger partial charge in [0.2, 0.25) is 5.91 Å². The van der Waals surface area contributed by atoms with Crippen molar-refractivity contribution in [2.45, 2.75) is 51.6 Å². The molecule has 0 unspecified atom stereocenters. The summed E-state index contributed by atoms with van der Waals surface area (Å²) in [4.78, 5) is 40.8. The van der Waals surface area contributed by atoms with Gasteiger partial charge in [0.1, 0.15) is 6.04 Å². The Morgan fingerprint density at radius 1 is 1.10 bits per heavy atom. The molecule has 31 heavy (non-hydrogen) atoms. The number of amides is 4. The first-order valence-electron chi connectivity index (χ1n) is 10.7. The molecule has 0 saturated carbocycles. The van der Waals surface area contributed by atoms with Gasteiger partial charge < -0.3 is 10.2 Å². The Balaban J connectivity index is 1.21. The fourth-order valence-electron chi connectivity index (χ4n) is 4.26. The maximum Gasteiger partial charge on any atom is 0.327 e. The third kappa shape index (κ3) is 4.66. The molecule has 0 aliphatic carbocycles. The molecule has 1 fully saturated rings. The summed E-state index contributed by atoms with van der Waals surface area (Å²) in [5.41, 5.74) is 4.13. The fourth-order valence-corrected chi connectivity index (χ4v) is 4.50. The summed E-state index contributed by atoms with van der Waals surface area (Å²) in [6.45, 7) is 2.89. The largest absolute Gasteiger partial charge is 0.327 e. The van der Waals surface area contributed by atoms with Gasteiger partial charge in [0.05, 0.1) is 0 Å². The first-order valence-corrected chi connectivity index (χ1v) is 11.5. The molecule has 7 heteroatoms. The Bertz CT molecular complexity index is 980. The van der Waals surface area contributed by atoms with E-state index in [2.05, 4.69) is 21.2 Å². The Morgan fingerprint density at radius 3 is 2.65 bits per heavy atom. The zero-order valence-electron chi connectivity index (χ0n) is 17.6. The van der Waals surface area contributed by atoms with Gasteiger partial charge in [-0.05, 0) is 54.7 Å². The van der Waals surface area contributed by atoms with Gasteiger partial charge in [0.15, 0.2) is 0 Å². The van der Waals surface area contributed by atoms with Crippen LogP contribution < -0.4 is 5.32 Å². The number of hydrogen-bond donors (Lipinski definition) is 1. The van der Waals surface area contributed by atoms with Gasteiger partial charge in [0, 0.05) is 36.1 Å². The lowest BCUT2D eigenvalue weighted by Crippen LogP contribution is -2.39. The van der Waals surface area contributed by atoms with Crippen molar-refractivity contribution in [3.8, 4) is 0 Å². The Labute approximate surface area is 190 Å². The standard InChI is InChI=1S/C24H26BrN3O3/c1-16-13-19(10-11-20(16)25)26-22(29)9-3-2-6-12-27-23(30)21-14-17-7-4-5-8-18(17)15-28(21)24(27)31/h4-5,7-8,10-11,13,21H,2-3,6,9,12,14-15H2,1H3,(H,26,29)/t21-/m0/s1. The van der Waals surface area contributed by atoms with Crippen molar-refractivity contribution < 1.29 is 14.4 Å². The SMILES string of the molecule is Cc1cc(NC(=O)CCCCCN2C(=O)[C@@H]3Cc4ccccc4CN3C2=O)ccc1Br. The molecule has 2 aromatic carbocycles. The molecule has 0 spiro atoms. The van der Waals surface area contributed by atoms with E-state index in [4.69, 9.17) is 0 Å². The second kappa shape index (κ2) is 9.22. The minimum atomic E-state index is -0.373. The molecule has 2 aliphatic heterocycles. The number of carbonyl (C=O) groups is 3. The lowest BCUT2D eigenvalue weighted by molar-refractivity contribution is -0.128. The fraction of sp³-hybridized carbons (Fsp3) is 0.375. The zero-order valence-corrected chi connectivity index (χ0v) is 19.2. The summed E-state index contributed by atoms with van der Waals surface area (Å²) in [7, 11) is 0. The van der Waals surface area contributed by atoms with E-state index in [0.29, 0.717) is 32.4 Å². The van der Waals surface area contributed by atoms with E-state index < -0.39 is 0 Å². The van der Waals surface area contributed by atoms with E-state index in [1.165, 1.54) is 4.90 Å². The van der Waals surface area contributed by atoms with Crippen molar-refractivity contribution in [2.75, 3.05) is 11.9 Å². The van der Waals surface area contributed by atoms with Gasteiger partial charge in [0.25, 0.3) is 5.91 Å². The molecule has 1 atom stereocenters. The average Bonchev–Trinajstić information content (AvgIpc) is 2.98. The molecular weight excluding hydrogens is 458 g/mol. The van der Waals surface area contributed by atoms with E-state index in [1.54, 1.807) is 4.90 Å². The highest BCUT2D eigenvalue weighted by Crippen LogP contribution is 2.30. The summed E-state index contributed by atoms with van der Waals surface area (Å²) in [6, 6.07) is 13.2. The van der Waals surface area contributed by atoms with Gasteiger partial charge in [-0.15, -0.1) is 0 Å². The number of nitrogens with one attached hydrogen (secondary N) is 1. The van der Waals surface area contributed by atoms with Crippen LogP contribution in [0.4, 0.5) is 10.5 Å². The molecule has 2 aliphatic rings. The number of fused-ring (bicyclic) bond motifs is 2. The maximum absolute atomic E-state index is 12.8. The van der Waals surface area contributed by atoms with Crippen molar-refractivity contribution in [1.29, 1.82) is 0 Å². The molecule has 6 nitrogen and oxygen atoms in total. The minimum Gasteiger partial charge on any atom is -0.326 e. The molecular formula is C24H26BrN3O3. The predicted molar refractivity (Wildman–Crippen MR) is 123 cm³/mol. The van der Waals surface area contributed by atoms with E-state index in [-0.39, 0.29) is 23.9 Å². The van der Waals surface area contributed by atoms with Crippen molar-refractivity contribution in [2.24, 2.45) is 0 Å². The molecule has 1 saturated heterocycles. The average molecular weight is 484 g/mol. The Morgan fingerprint density at radius 2 is 1.87 bits per heavy atom. The monoisotopic (exact) mass is 483 g/mol. The van der Waals surface area contributed by atoms with E-state index in [1.807, 2.05) is 49.4 Å². The number of halogens is 1. The molecule has 162 valence electrons. The van der Waals surface area contributed by atoms with Gasteiger partial charge >= 0.3 is 6.03 Å². The smallest absolute Gasteiger partial charge is 0.326 e. The number of imide groups is 1. The van der Waals surface area contributed by atoms with Crippen molar-refractivity contribution >= 4 is 39.5 Å². The summed E-state index contributed by atoms with van der Waals surface area (Å²) < 4.78 is 1.01.